The van der Waals surface area contributed by atoms with E-state index in [-0.39, 0.29) is 0 Å². The lowest BCUT2D eigenvalue weighted by Crippen LogP contribution is -2.01. The fourth-order valence-electron chi connectivity index (χ4n) is 1.50. The van der Waals surface area contributed by atoms with Gasteiger partial charge in [-0.3, -0.25) is 4.98 Å². The Morgan fingerprint density at radius 2 is 2.06 bits per heavy atom. The maximum absolute atomic E-state index is 9.81. The molecule has 0 aliphatic carbocycles. The Bertz CT molecular complexity index is 531. The van der Waals surface area contributed by atoms with Crippen LogP contribution in [-0.2, 0) is 0 Å². The van der Waals surface area contributed by atoms with Crippen LogP contribution in [0.1, 0.15) is 24.6 Å². The number of rotatable bonds is 3. The average Bonchev–Trinajstić information content (AvgIpc) is 2.35. The molecule has 2 aromatic rings. The third-order valence-corrected chi connectivity index (χ3v) is 2.37. The van der Waals surface area contributed by atoms with E-state index < -0.39 is 6.10 Å². The number of fused-ring (bicyclic) bond motifs is 1. The van der Waals surface area contributed by atoms with E-state index in [4.69, 9.17) is 6.42 Å². The van der Waals surface area contributed by atoms with Crippen LogP contribution in [0.2, 0.25) is 0 Å². The van der Waals surface area contributed by atoms with E-state index in [1.807, 2.05) is 24.3 Å². The van der Waals surface area contributed by atoms with Crippen molar-refractivity contribution in [3.05, 3.63) is 36.2 Å². The maximum Gasteiger partial charge on any atom is 0.0984 e. The van der Waals surface area contributed by atoms with Gasteiger partial charge in [-0.15, -0.1) is 12.3 Å². The molecule has 0 spiro atoms. The Hall–Kier alpha value is -1.92. The minimum atomic E-state index is -0.631. The number of terminal acetylenes is 1. The van der Waals surface area contributed by atoms with Crippen molar-refractivity contribution in [2.45, 2.75) is 18.9 Å². The highest BCUT2D eigenvalue weighted by molar-refractivity contribution is 5.73. The monoisotopic (exact) mass is 212 g/mol. The summed E-state index contributed by atoms with van der Waals surface area (Å²) < 4.78 is 0. The first kappa shape index (κ1) is 10.6. The fraction of sp³-hybridized carbons (Fsp3) is 0.231. The van der Waals surface area contributed by atoms with Gasteiger partial charge in [0.1, 0.15) is 0 Å². The molecule has 3 heteroatoms. The molecule has 1 aromatic heterocycles. The van der Waals surface area contributed by atoms with Crippen LogP contribution in [0.4, 0.5) is 0 Å². The summed E-state index contributed by atoms with van der Waals surface area (Å²) in [4.78, 5) is 8.58. The third-order valence-electron chi connectivity index (χ3n) is 2.37. The molecule has 1 aromatic carbocycles. The summed E-state index contributed by atoms with van der Waals surface area (Å²) in [5.74, 6) is 2.50. The van der Waals surface area contributed by atoms with E-state index in [1.165, 1.54) is 0 Å². The second kappa shape index (κ2) is 4.73. The highest BCUT2D eigenvalue weighted by Gasteiger charge is 2.09. The molecule has 0 saturated carbocycles. The molecule has 0 saturated heterocycles. The molecule has 0 aliphatic heterocycles. The van der Waals surface area contributed by atoms with Crippen molar-refractivity contribution in [3.8, 4) is 12.3 Å². The van der Waals surface area contributed by atoms with Gasteiger partial charge in [-0.2, -0.15) is 0 Å². The van der Waals surface area contributed by atoms with Crippen molar-refractivity contribution < 1.29 is 5.11 Å². The lowest BCUT2D eigenvalue weighted by molar-refractivity contribution is 0.164. The van der Waals surface area contributed by atoms with Gasteiger partial charge in [0.15, 0.2) is 0 Å². The van der Waals surface area contributed by atoms with Crippen LogP contribution >= 0.6 is 0 Å². The van der Waals surface area contributed by atoms with Gasteiger partial charge in [-0.1, -0.05) is 12.1 Å². The zero-order chi connectivity index (χ0) is 11.4. The number of aliphatic hydroxyl groups excluding tert-OH is 1. The second-order valence-electron chi connectivity index (χ2n) is 3.54. The first-order chi connectivity index (χ1) is 7.81. The van der Waals surface area contributed by atoms with Crippen molar-refractivity contribution in [3.63, 3.8) is 0 Å². The Morgan fingerprint density at radius 3 is 2.81 bits per heavy atom. The number of benzene rings is 1. The Kier molecular flexibility index (Phi) is 3.13. The largest absolute Gasteiger partial charge is 0.387 e. The highest BCUT2D eigenvalue weighted by Crippen LogP contribution is 2.17. The molecule has 1 N–H and O–H groups in total. The number of hydrogen-bond acceptors (Lipinski definition) is 3. The first-order valence-corrected chi connectivity index (χ1v) is 5.14. The van der Waals surface area contributed by atoms with Gasteiger partial charge >= 0.3 is 0 Å². The smallest absolute Gasteiger partial charge is 0.0984 e. The normalized spacial score (nSPS) is 12.2. The molecule has 0 bridgehead atoms. The summed E-state index contributed by atoms with van der Waals surface area (Å²) in [7, 11) is 0. The predicted molar refractivity (Wildman–Crippen MR) is 62.6 cm³/mol. The number of hydrogen-bond donors (Lipinski definition) is 1. The molecular weight excluding hydrogens is 200 g/mol. The topological polar surface area (TPSA) is 46.0 Å². The molecule has 16 heavy (non-hydrogen) atoms. The quantitative estimate of drug-likeness (QED) is 0.792. The van der Waals surface area contributed by atoms with E-state index >= 15 is 0 Å². The number of nitrogens with zero attached hydrogens (tertiary/aromatic N) is 2. The molecule has 0 radical (unpaired) electrons. The lowest BCUT2D eigenvalue weighted by Gasteiger charge is -2.08. The zero-order valence-electron chi connectivity index (χ0n) is 8.80. The Labute approximate surface area is 94.2 Å². The van der Waals surface area contributed by atoms with Gasteiger partial charge in [0.25, 0.3) is 0 Å². The molecular formula is C13H12N2O. The van der Waals surface area contributed by atoms with E-state index in [1.54, 1.807) is 6.20 Å². The van der Waals surface area contributed by atoms with Crippen LogP contribution in [0.5, 0.6) is 0 Å². The molecule has 0 amide bonds. The Morgan fingerprint density at radius 1 is 1.31 bits per heavy atom. The summed E-state index contributed by atoms with van der Waals surface area (Å²) in [6, 6.07) is 7.57. The van der Waals surface area contributed by atoms with E-state index in [0.717, 1.165) is 11.0 Å². The average molecular weight is 212 g/mol. The molecule has 3 nitrogen and oxygen atoms in total. The van der Waals surface area contributed by atoms with Crippen LogP contribution in [-0.4, -0.2) is 15.1 Å². The molecule has 0 fully saturated rings. The second-order valence-corrected chi connectivity index (χ2v) is 3.54. The molecule has 1 heterocycles. The first-order valence-electron chi connectivity index (χ1n) is 5.14. The van der Waals surface area contributed by atoms with Crippen LogP contribution in [0, 0.1) is 12.3 Å². The number of para-hydroxylation sites is 2. The summed E-state index contributed by atoms with van der Waals surface area (Å²) in [5, 5.41) is 9.81. The van der Waals surface area contributed by atoms with E-state index in [2.05, 4.69) is 15.9 Å². The van der Waals surface area contributed by atoms with Crippen LogP contribution in [0.3, 0.4) is 0 Å². The fourth-order valence-corrected chi connectivity index (χ4v) is 1.50. The van der Waals surface area contributed by atoms with Gasteiger partial charge < -0.3 is 5.11 Å². The zero-order valence-corrected chi connectivity index (χ0v) is 8.80. The molecule has 0 aliphatic rings. The summed E-state index contributed by atoms with van der Waals surface area (Å²) >= 11 is 0. The van der Waals surface area contributed by atoms with Crippen molar-refractivity contribution in [2.75, 3.05) is 0 Å². The summed E-state index contributed by atoms with van der Waals surface area (Å²) in [5.41, 5.74) is 2.20. The molecule has 1 atom stereocenters. The maximum atomic E-state index is 9.81. The van der Waals surface area contributed by atoms with Crippen molar-refractivity contribution >= 4 is 11.0 Å². The Balaban J connectivity index is 2.29. The SMILES string of the molecule is C#CCCC(O)c1cnc2ccccc2n1. The molecule has 80 valence electrons. The van der Waals surface area contributed by atoms with Crippen molar-refractivity contribution in [2.24, 2.45) is 0 Å². The standard InChI is InChI=1S/C13H12N2O/c1-2-3-8-13(16)12-9-14-10-6-4-5-7-11(10)15-12/h1,4-7,9,13,16H,3,8H2. The van der Waals surface area contributed by atoms with Gasteiger partial charge in [0, 0.05) is 6.42 Å². The van der Waals surface area contributed by atoms with Gasteiger partial charge in [0.2, 0.25) is 0 Å². The minimum absolute atomic E-state index is 0.517. The van der Waals surface area contributed by atoms with Gasteiger partial charge in [0.05, 0.1) is 29.0 Å². The molecule has 2 rings (SSSR count). The summed E-state index contributed by atoms with van der Waals surface area (Å²) in [6.07, 6.45) is 7.17. The van der Waals surface area contributed by atoms with Gasteiger partial charge in [-0.25, -0.2) is 4.98 Å². The van der Waals surface area contributed by atoms with E-state index in [0.29, 0.717) is 18.5 Å². The van der Waals surface area contributed by atoms with E-state index in [9.17, 15) is 5.11 Å². The lowest BCUT2D eigenvalue weighted by atomic mass is 10.1. The highest BCUT2D eigenvalue weighted by atomic mass is 16.3. The van der Waals surface area contributed by atoms with Crippen molar-refractivity contribution in [1.29, 1.82) is 0 Å². The van der Waals surface area contributed by atoms with Crippen LogP contribution in [0.25, 0.3) is 11.0 Å². The number of aromatic nitrogens is 2. The molecule has 1 unspecified atom stereocenters. The van der Waals surface area contributed by atoms with Crippen LogP contribution in [0.15, 0.2) is 30.5 Å². The summed E-state index contributed by atoms with van der Waals surface area (Å²) in [6.45, 7) is 0. The predicted octanol–water partition coefficient (Wildman–Crippen LogP) is 2.08. The van der Waals surface area contributed by atoms with Crippen LogP contribution < -0.4 is 0 Å². The van der Waals surface area contributed by atoms with Crippen molar-refractivity contribution in [1.82, 2.24) is 9.97 Å². The van der Waals surface area contributed by atoms with Gasteiger partial charge in [-0.05, 0) is 18.6 Å². The minimum Gasteiger partial charge on any atom is -0.387 e. The third kappa shape index (κ3) is 2.18. The number of aliphatic hydroxyl groups is 1.